The lowest BCUT2D eigenvalue weighted by molar-refractivity contribution is 0.304. The third-order valence-corrected chi connectivity index (χ3v) is 6.38. The summed E-state index contributed by atoms with van der Waals surface area (Å²) in [5.41, 5.74) is 3.20. The van der Waals surface area contributed by atoms with E-state index in [1.165, 1.54) is 5.56 Å². The molecule has 9 heteroatoms. The van der Waals surface area contributed by atoms with Gasteiger partial charge in [0.15, 0.2) is 0 Å². The molecule has 1 N–H and O–H groups in total. The maximum absolute atomic E-state index is 5.93. The molecule has 0 aliphatic rings. The summed E-state index contributed by atoms with van der Waals surface area (Å²) in [6, 6.07) is 23.7. The van der Waals surface area contributed by atoms with Crippen LogP contribution in [-0.4, -0.2) is 32.5 Å². The number of hydrogen-bond donors (Lipinski definition) is 1. The lowest BCUT2D eigenvalue weighted by Gasteiger charge is -2.11. The zero-order valence-corrected chi connectivity index (χ0v) is 20.3. The second-order valence-corrected chi connectivity index (χ2v) is 9.27. The van der Waals surface area contributed by atoms with E-state index in [0.29, 0.717) is 6.61 Å². The number of tetrazole rings is 1. The van der Waals surface area contributed by atoms with Crippen LogP contribution in [0.1, 0.15) is 11.1 Å². The first-order valence-corrected chi connectivity index (χ1v) is 12.2. The molecule has 1 aromatic heterocycles. The second kappa shape index (κ2) is 11.5. The number of aromatic nitrogens is 4. The summed E-state index contributed by atoms with van der Waals surface area (Å²) in [7, 11) is 0. The molecule has 6 nitrogen and oxygen atoms in total. The number of nitrogens with one attached hydrogen (secondary N) is 1. The van der Waals surface area contributed by atoms with Crippen molar-refractivity contribution in [3.8, 4) is 11.4 Å². The van der Waals surface area contributed by atoms with E-state index in [2.05, 4.69) is 48.9 Å². The van der Waals surface area contributed by atoms with Gasteiger partial charge in [-0.05, 0) is 73.9 Å². The number of benzene rings is 3. The smallest absolute Gasteiger partial charge is 0.214 e. The zero-order valence-electron chi connectivity index (χ0n) is 17.1. The molecular formula is C23H21BrClN5OS. The largest absolute Gasteiger partial charge is 0.488 e. The molecule has 0 bridgehead atoms. The van der Waals surface area contributed by atoms with Gasteiger partial charge in [-0.1, -0.05) is 59.8 Å². The molecule has 1 heterocycles. The van der Waals surface area contributed by atoms with Crippen molar-refractivity contribution in [2.75, 3.05) is 12.3 Å². The van der Waals surface area contributed by atoms with Gasteiger partial charge < -0.3 is 10.1 Å². The third kappa shape index (κ3) is 6.32. The topological polar surface area (TPSA) is 64.9 Å². The van der Waals surface area contributed by atoms with Crippen LogP contribution in [0.25, 0.3) is 5.69 Å². The molecule has 0 saturated heterocycles. The van der Waals surface area contributed by atoms with Gasteiger partial charge in [-0.15, -0.1) is 5.10 Å². The standard InChI is InChI=1S/C23H21BrClN5OS/c24-21-14-18(8-11-22(21)31-16-17-6-9-19(25)10-7-17)15-26-12-13-32-23-27-28-29-30(23)20-4-2-1-3-5-20/h1-11,14,26H,12-13,15-16H2. The van der Waals surface area contributed by atoms with E-state index < -0.39 is 0 Å². The van der Waals surface area contributed by atoms with Gasteiger partial charge in [-0.2, -0.15) is 4.68 Å². The van der Waals surface area contributed by atoms with Gasteiger partial charge in [0.05, 0.1) is 10.2 Å². The highest BCUT2D eigenvalue weighted by molar-refractivity contribution is 9.10. The number of hydrogen-bond acceptors (Lipinski definition) is 6. The predicted octanol–water partition coefficient (Wildman–Crippen LogP) is 5.54. The average Bonchev–Trinajstić information content (AvgIpc) is 3.28. The van der Waals surface area contributed by atoms with Gasteiger partial charge in [0.1, 0.15) is 12.4 Å². The summed E-state index contributed by atoms with van der Waals surface area (Å²) < 4.78 is 8.60. The van der Waals surface area contributed by atoms with Crippen molar-refractivity contribution in [2.45, 2.75) is 18.3 Å². The molecule has 3 aromatic carbocycles. The highest BCUT2D eigenvalue weighted by Crippen LogP contribution is 2.27. The second-order valence-electron chi connectivity index (χ2n) is 6.91. The van der Waals surface area contributed by atoms with Crippen molar-refractivity contribution >= 4 is 39.3 Å². The van der Waals surface area contributed by atoms with Crippen molar-refractivity contribution in [1.29, 1.82) is 0 Å². The van der Waals surface area contributed by atoms with Crippen molar-refractivity contribution in [1.82, 2.24) is 25.5 Å². The summed E-state index contributed by atoms with van der Waals surface area (Å²) >= 11 is 11.2. The summed E-state index contributed by atoms with van der Waals surface area (Å²) in [4.78, 5) is 0. The summed E-state index contributed by atoms with van der Waals surface area (Å²) in [6.45, 7) is 2.09. The molecule has 0 aliphatic carbocycles. The van der Waals surface area contributed by atoms with Crippen LogP contribution in [0.5, 0.6) is 5.75 Å². The first-order valence-electron chi connectivity index (χ1n) is 10.0. The number of thioether (sulfide) groups is 1. The van der Waals surface area contributed by atoms with Crippen molar-refractivity contribution in [3.63, 3.8) is 0 Å². The first-order chi connectivity index (χ1) is 15.7. The number of rotatable bonds is 10. The molecule has 32 heavy (non-hydrogen) atoms. The maximum atomic E-state index is 5.93. The molecule has 0 radical (unpaired) electrons. The SMILES string of the molecule is Clc1ccc(COc2ccc(CNCCSc3nnnn3-c3ccccc3)cc2Br)cc1. The molecule has 4 aromatic rings. The number of nitrogens with zero attached hydrogens (tertiary/aromatic N) is 4. The molecule has 0 saturated carbocycles. The number of halogens is 2. The summed E-state index contributed by atoms with van der Waals surface area (Å²) in [5, 5.41) is 17.0. The Balaban J connectivity index is 1.22. The Labute approximate surface area is 204 Å². The fourth-order valence-electron chi connectivity index (χ4n) is 2.96. The summed E-state index contributed by atoms with van der Waals surface area (Å²) in [6.07, 6.45) is 0. The van der Waals surface area contributed by atoms with E-state index in [1.54, 1.807) is 16.4 Å². The maximum Gasteiger partial charge on any atom is 0.214 e. The minimum absolute atomic E-state index is 0.493. The van der Waals surface area contributed by atoms with Crippen LogP contribution in [0.15, 0.2) is 82.4 Å². The van der Waals surface area contributed by atoms with Crippen LogP contribution in [0, 0.1) is 0 Å². The van der Waals surface area contributed by atoms with E-state index in [-0.39, 0.29) is 0 Å². The Kier molecular flexibility index (Phi) is 8.17. The lowest BCUT2D eigenvalue weighted by atomic mass is 10.2. The van der Waals surface area contributed by atoms with Gasteiger partial charge in [0.2, 0.25) is 5.16 Å². The van der Waals surface area contributed by atoms with Crippen LogP contribution in [0.2, 0.25) is 5.02 Å². The van der Waals surface area contributed by atoms with Crippen LogP contribution in [0.3, 0.4) is 0 Å². The molecular weight excluding hydrogens is 510 g/mol. The van der Waals surface area contributed by atoms with E-state index in [9.17, 15) is 0 Å². The van der Waals surface area contributed by atoms with E-state index in [0.717, 1.165) is 50.5 Å². The molecule has 0 fully saturated rings. The molecule has 0 spiro atoms. The van der Waals surface area contributed by atoms with Gasteiger partial charge in [0.25, 0.3) is 0 Å². The van der Waals surface area contributed by atoms with E-state index in [4.69, 9.17) is 16.3 Å². The Bertz CT molecular complexity index is 1140. The molecule has 164 valence electrons. The van der Waals surface area contributed by atoms with Crippen LogP contribution in [-0.2, 0) is 13.2 Å². The van der Waals surface area contributed by atoms with Crippen molar-refractivity contribution in [2.24, 2.45) is 0 Å². The minimum Gasteiger partial charge on any atom is -0.488 e. The van der Waals surface area contributed by atoms with Crippen LogP contribution >= 0.6 is 39.3 Å². The number of para-hydroxylation sites is 1. The normalized spacial score (nSPS) is 10.9. The third-order valence-electron chi connectivity index (χ3n) is 4.58. The summed E-state index contributed by atoms with van der Waals surface area (Å²) in [5.74, 6) is 1.67. The molecule has 0 amide bonds. The monoisotopic (exact) mass is 529 g/mol. The molecule has 0 unspecified atom stereocenters. The minimum atomic E-state index is 0.493. The van der Waals surface area contributed by atoms with Gasteiger partial charge in [0, 0.05) is 23.9 Å². The molecule has 4 rings (SSSR count). The molecule has 0 atom stereocenters. The quantitative estimate of drug-likeness (QED) is 0.215. The highest BCUT2D eigenvalue weighted by atomic mass is 79.9. The van der Waals surface area contributed by atoms with Gasteiger partial charge in [-0.3, -0.25) is 0 Å². The Hall–Kier alpha value is -2.39. The number of ether oxygens (including phenoxy) is 1. The van der Waals surface area contributed by atoms with Gasteiger partial charge >= 0.3 is 0 Å². The van der Waals surface area contributed by atoms with Crippen LogP contribution < -0.4 is 10.1 Å². The van der Waals surface area contributed by atoms with E-state index in [1.807, 2.05) is 60.7 Å². The first kappa shape index (κ1) is 22.8. The zero-order chi connectivity index (χ0) is 22.2. The van der Waals surface area contributed by atoms with Gasteiger partial charge in [-0.25, -0.2) is 0 Å². The fourth-order valence-corrected chi connectivity index (χ4v) is 4.41. The van der Waals surface area contributed by atoms with Crippen LogP contribution in [0.4, 0.5) is 0 Å². The van der Waals surface area contributed by atoms with Crippen molar-refractivity contribution < 1.29 is 4.74 Å². The van der Waals surface area contributed by atoms with Crippen molar-refractivity contribution in [3.05, 3.63) is 93.4 Å². The molecule has 0 aliphatic heterocycles. The highest BCUT2D eigenvalue weighted by Gasteiger charge is 2.08. The average molecular weight is 531 g/mol. The fraction of sp³-hybridized carbons (Fsp3) is 0.174. The Morgan fingerprint density at radius 3 is 2.56 bits per heavy atom. The Morgan fingerprint density at radius 1 is 1.00 bits per heavy atom. The predicted molar refractivity (Wildman–Crippen MR) is 132 cm³/mol. The lowest BCUT2D eigenvalue weighted by Crippen LogP contribution is -2.16. The Morgan fingerprint density at radius 2 is 1.78 bits per heavy atom. The van der Waals surface area contributed by atoms with E-state index >= 15 is 0 Å².